The van der Waals surface area contributed by atoms with Crippen LogP contribution in [0.2, 0.25) is 0 Å². The Bertz CT molecular complexity index is 966. The maximum absolute atomic E-state index is 13.2. The van der Waals surface area contributed by atoms with Crippen molar-refractivity contribution >= 4 is 67.9 Å². The number of hydrogen-bond donors (Lipinski definition) is 2. The summed E-state index contributed by atoms with van der Waals surface area (Å²) >= 11 is 4.06. The minimum Gasteiger partial charge on any atom is -0.506 e. The average Bonchev–Trinajstić information content (AvgIpc) is 2.92. The van der Waals surface area contributed by atoms with E-state index >= 15 is 0 Å². The molecule has 0 amide bonds. The van der Waals surface area contributed by atoms with E-state index in [0.29, 0.717) is 29.6 Å². The zero-order chi connectivity index (χ0) is 16.6. The Kier molecular flexibility index (Phi) is 4.54. The number of allylic oxidation sites excluding steroid dienone is 1. The number of aromatic amines is 1. The van der Waals surface area contributed by atoms with Crippen LogP contribution in [0.4, 0.5) is 4.39 Å². The Morgan fingerprint density at radius 2 is 1.96 bits per heavy atom. The van der Waals surface area contributed by atoms with Crippen LogP contribution in [0.25, 0.3) is 22.7 Å². The van der Waals surface area contributed by atoms with E-state index in [2.05, 4.69) is 16.0 Å². The molecule has 0 radical (unpaired) electrons. The smallest absolute Gasteiger partial charge is 0.149 e. The van der Waals surface area contributed by atoms with E-state index < -0.39 is 0 Å². The minimum absolute atomic E-state index is 0.223. The lowest BCUT2D eigenvalue weighted by molar-refractivity contribution is 0.467. The quantitative estimate of drug-likeness (QED) is 0.373. The summed E-state index contributed by atoms with van der Waals surface area (Å²) in [5.41, 5.74) is 2.24. The van der Waals surface area contributed by atoms with E-state index in [9.17, 15) is 14.8 Å². The molecule has 0 aliphatic rings. The van der Waals surface area contributed by atoms with E-state index in [1.54, 1.807) is 24.3 Å². The number of phenolic OH excluding ortho intramolecular Hbond substituents is 1. The van der Waals surface area contributed by atoms with E-state index in [1.165, 1.54) is 12.1 Å². The van der Waals surface area contributed by atoms with Gasteiger partial charge in [-0.05, 0) is 87.2 Å². The number of imidazole rings is 1. The van der Waals surface area contributed by atoms with Gasteiger partial charge in [-0.1, -0.05) is 0 Å². The maximum Gasteiger partial charge on any atom is 0.149 e. The highest BCUT2D eigenvalue weighted by Gasteiger charge is 2.10. The van der Waals surface area contributed by atoms with Gasteiger partial charge in [-0.3, -0.25) is 0 Å². The van der Waals surface area contributed by atoms with Crippen LogP contribution < -0.4 is 0 Å². The zero-order valence-corrected chi connectivity index (χ0v) is 15.8. The van der Waals surface area contributed by atoms with E-state index in [1.807, 2.05) is 45.2 Å². The molecule has 0 saturated heterocycles. The normalized spacial score (nSPS) is 11.7. The molecule has 0 saturated carbocycles. The number of halogens is 3. The van der Waals surface area contributed by atoms with Gasteiger partial charge < -0.3 is 10.1 Å². The monoisotopic (exact) mass is 531 g/mol. The van der Waals surface area contributed by atoms with Crippen LogP contribution in [-0.4, -0.2) is 15.1 Å². The summed E-state index contributed by atoms with van der Waals surface area (Å²) in [6.45, 7) is 0. The van der Waals surface area contributed by atoms with Gasteiger partial charge in [0.1, 0.15) is 23.5 Å². The number of nitriles is 1. The number of nitrogens with one attached hydrogen (secondary N) is 1. The Balaban J connectivity index is 2.09. The molecule has 2 N–H and O–H groups in total. The van der Waals surface area contributed by atoms with Gasteiger partial charge in [0.25, 0.3) is 0 Å². The van der Waals surface area contributed by atoms with E-state index in [4.69, 9.17) is 0 Å². The Labute approximate surface area is 158 Å². The van der Waals surface area contributed by atoms with Crippen LogP contribution in [-0.2, 0) is 0 Å². The summed E-state index contributed by atoms with van der Waals surface area (Å²) in [7, 11) is 0. The predicted octanol–water partition coefficient (Wildman–Crippen LogP) is 4.68. The van der Waals surface area contributed by atoms with Crippen molar-refractivity contribution in [1.82, 2.24) is 9.97 Å². The van der Waals surface area contributed by atoms with Crippen molar-refractivity contribution in [2.24, 2.45) is 0 Å². The summed E-state index contributed by atoms with van der Waals surface area (Å²) in [6, 6.07) is 9.88. The SMILES string of the molecule is N#C/C(=C/c1cc(I)c(O)c(I)c1)c1nc2ccc(F)cc2[nH]1. The number of fused-ring (bicyclic) bond motifs is 1. The highest BCUT2D eigenvalue weighted by atomic mass is 127. The Morgan fingerprint density at radius 1 is 1.26 bits per heavy atom. The van der Waals surface area contributed by atoms with Crippen molar-refractivity contribution in [3.05, 3.63) is 54.7 Å². The molecule has 0 spiro atoms. The van der Waals surface area contributed by atoms with Crippen molar-refractivity contribution in [3.63, 3.8) is 0 Å². The van der Waals surface area contributed by atoms with E-state index in [0.717, 1.165) is 5.56 Å². The second kappa shape index (κ2) is 6.45. The molecular weight excluding hydrogens is 523 g/mol. The lowest BCUT2D eigenvalue weighted by Crippen LogP contribution is -1.87. The zero-order valence-electron chi connectivity index (χ0n) is 11.4. The van der Waals surface area contributed by atoms with Crippen molar-refractivity contribution in [3.8, 4) is 11.8 Å². The lowest BCUT2D eigenvalue weighted by atomic mass is 10.1. The van der Waals surface area contributed by atoms with Gasteiger partial charge in [-0.2, -0.15) is 5.26 Å². The average molecular weight is 531 g/mol. The molecule has 1 aromatic heterocycles. The number of aromatic hydroxyl groups is 1. The molecule has 3 rings (SSSR count). The molecule has 0 bridgehead atoms. The number of rotatable bonds is 2. The van der Waals surface area contributed by atoms with Crippen LogP contribution in [0.15, 0.2) is 30.3 Å². The minimum atomic E-state index is -0.363. The van der Waals surface area contributed by atoms with E-state index in [-0.39, 0.29) is 11.6 Å². The highest BCUT2D eigenvalue weighted by Crippen LogP contribution is 2.29. The molecule has 4 nitrogen and oxygen atoms in total. The number of nitrogens with zero attached hydrogens (tertiary/aromatic N) is 2. The van der Waals surface area contributed by atoms with Gasteiger partial charge in [0.15, 0.2) is 0 Å². The van der Waals surface area contributed by atoms with Crippen LogP contribution >= 0.6 is 45.2 Å². The molecule has 1 heterocycles. The standard InChI is InChI=1S/C16H8FI2N3O/c17-10-1-2-13-14(6-10)22-16(21-13)9(7-20)3-8-4-11(18)15(23)12(19)5-8/h1-6,23H,(H,21,22)/b9-3-. The molecule has 0 fully saturated rings. The van der Waals surface area contributed by atoms with Gasteiger partial charge in [0, 0.05) is 0 Å². The molecule has 114 valence electrons. The number of phenols is 1. The van der Waals surface area contributed by atoms with Crippen LogP contribution in [0.3, 0.4) is 0 Å². The third kappa shape index (κ3) is 3.32. The second-order valence-corrected chi connectivity index (χ2v) is 7.07. The van der Waals surface area contributed by atoms with Crippen LogP contribution in [0.1, 0.15) is 11.4 Å². The first-order valence-corrected chi connectivity index (χ1v) is 8.59. The summed E-state index contributed by atoms with van der Waals surface area (Å²) in [6.07, 6.45) is 1.68. The predicted molar refractivity (Wildman–Crippen MR) is 103 cm³/mol. The topological polar surface area (TPSA) is 72.7 Å². The van der Waals surface area contributed by atoms with Crippen LogP contribution in [0.5, 0.6) is 5.75 Å². The van der Waals surface area contributed by atoms with Gasteiger partial charge in [-0.25, -0.2) is 9.37 Å². The van der Waals surface area contributed by atoms with Gasteiger partial charge >= 0.3 is 0 Å². The number of hydrogen-bond acceptors (Lipinski definition) is 3. The largest absolute Gasteiger partial charge is 0.506 e. The first-order valence-electron chi connectivity index (χ1n) is 6.43. The third-order valence-corrected chi connectivity index (χ3v) is 4.81. The van der Waals surface area contributed by atoms with Crippen LogP contribution in [0, 0.1) is 24.3 Å². The molecule has 23 heavy (non-hydrogen) atoms. The fourth-order valence-electron chi connectivity index (χ4n) is 2.10. The first-order chi connectivity index (χ1) is 11.0. The fraction of sp³-hybridized carbons (Fsp3) is 0. The molecule has 0 atom stereocenters. The van der Waals surface area contributed by atoms with Gasteiger partial charge in [-0.15, -0.1) is 0 Å². The second-order valence-electron chi connectivity index (χ2n) is 4.75. The van der Waals surface area contributed by atoms with Crippen molar-refractivity contribution in [2.75, 3.05) is 0 Å². The molecular formula is C16H8FI2N3O. The third-order valence-electron chi connectivity index (χ3n) is 3.17. The summed E-state index contributed by atoms with van der Waals surface area (Å²) in [5, 5.41) is 19.2. The molecule has 7 heteroatoms. The summed E-state index contributed by atoms with van der Waals surface area (Å²) in [5.74, 6) is 0.241. The summed E-state index contributed by atoms with van der Waals surface area (Å²) < 4.78 is 14.6. The molecule has 0 unspecified atom stereocenters. The molecule has 0 aliphatic heterocycles. The molecule has 3 aromatic rings. The first kappa shape index (κ1) is 16.2. The van der Waals surface area contributed by atoms with Gasteiger partial charge in [0.2, 0.25) is 0 Å². The molecule has 0 aliphatic carbocycles. The lowest BCUT2D eigenvalue weighted by Gasteiger charge is -2.03. The van der Waals surface area contributed by atoms with Crippen molar-refractivity contribution in [2.45, 2.75) is 0 Å². The number of aromatic nitrogens is 2. The summed E-state index contributed by atoms with van der Waals surface area (Å²) in [4.78, 5) is 7.27. The number of benzene rings is 2. The Hall–Kier alpha value is -1.67. The highest BCUT2D eigenvalue weighted by molar-refractivity contribution is 14.1. The van der Waals surface area contributed by atoms with Crippen molar-refractivity contribution < 1.29 is 9.50 Å². The number of H-pyrrole nitrogens is 1. The van der Waals surface area contributed by atoms with Crippen molar-refractivity contribution in [1.29, 1.82) is 5.26 Å². The maximum atomic E-state index is 13.2. The molecule has 2 aromatic carbocycles. The fourth-order valence-corrected chi connectivity index (χ4v) is 3.91. The van der Waals surface area contributed by atoms with Gasteiger partial charge in [0.05, 0.1) is 23.7 Å². The Morgan fingerprint density at radius 3 is 2.61 bits per heavy atom.